The number of hydrogen-bond acceptors (Lipinski definition) is 12. The summed E-state index contributed by atoms with van der Waals surface area (Å²) in [6, 6.07) is 27.2. The Bertz CT molecular complexity index is 1550. The molecule has 0 aliphatic heterocycles. The van der Waals surface area contributed by atoms with Crippen molar-refractivity contribution in [1.82, 2.24) is 10.6 Å². The summed E-state index contributed by atoms with van der Waals surface area (Å²) in [6.45, 7) is 5.25. The molecule has 0 aliphatic rings. The molecule has 0 spiro atoms. The van der Waals surface area contributed by atoms with E-state index in [1.165, 1.54) is 24.3 Å². The standard InChI is InChI=1S/2C18H21N3O2.2C2H6OS.2Cu/c2*22-17-7-3-1-5-15(17)13-20-11-9-19-10-12-21-14-16-6-2-4-8-18(16)23;2*1-4(2)3;;/h2*1-8,13-14,19,22-23H,9-12H2;2*1-2H3;;/q;;;;2*+2/p-4. The van der Waals surface area contributed by atoms with Crippen LogP contribution in [0.2, 0.25) is 0 Å². The van der Waals surface area contributed by atoms with Crippen LogP contribution in [0, 0.1) is 0 Å². The van der Waals surface area contributed by atoms with Crippen LogP contribution in [-0.4, -0.2) is 111 Å². The zero-order chi connectivity index (χ0) is 39.8. The maximum atomic E-state index is 11.5. The van der Waals surface area contributed by atoms with Gasteiger partial charge in [-0.15, -0.1) is 23.0 Å². The fourth-order valence-electron chi connectivity index (χ4n) is 3.82. The number of para-hydroxylation sites is 4. The molecule has 0 aliphatic carbocycles. The third kappa shape index (κ3) is 29.3. The van der Waals surface area contributed by atoms with E-state index in [4.69, 9.17) is 0 Å². The van der Waals surface area contributed by atoms with Gasteiger partial charge in [0.2, 0.25) is 0 Å². The van der Waals surface area contributed by atoms with Crippen LogP contribution < -0.4 is 31.1 Å². The summed E-state index contributed by atoms with van der Waals surface area (Å²) >= 11 is 0. The number of aliphatic imine (C=N–C) groups is 4. The first-order valence-electron chi connectivity index (χ1n) is 17.0. The predicted molar refractivity (Wildman–Crippen MR) is 219 cm³/mol. The zero-order valence-corrected chi connectivity index (χ0v) is 35.4. The summed E-state index contributed by atoms with van der Waals surface area (Å²) in [4.78, 5) is 16.8. The molecule has 0 fully saturated rings. The summed E-state index contributed by atoms with van der Waals surface area (Å²) in [5.74, 6) is -0.0659. The molecule has 0 amide bonds. The summed E-state index contributed by atoms with van der Waals surface area (Å²) in [5, 5.41) is 52.2. The van der Waals surface area contributed by atoms with Crippen molar-refractivity contribution in [2.45, 2.75) is 0 Å². The average Bonchev–Trinajstić information content (AvgIpc) is 3.13. The van der Waals surface area contributed by atoms with Gasteiger partial charge in [-0.1, -0.05) is 97.1 Å². The van der Waals surface area contributed by atoms with E-state index >= 15 is 0 Å². The van der Waals surface area contributed by atoms with Gasteiger partial charge in [-0.25, -0.2) is 0 Å². The Balaban J connectivity index is 0. The van der Waals surface area contributed by atoms with Crippen molar-refractivity contribution < 1.29 is 63.0 Å². The fraction of sp³-hybridized carbons (Fsp3) is 0.300. The van der Waals surface area contributed by atoms with Crippen molar-refractivity contribution in [3.63, 3.8) is 0 Å². The largest absolute Gasteiger partial charge is 2.00 e. The summed E-state index contributed by atoms with van der Waals surface area (Å²) in [7, 11) is -1.22. The van der Waals surface area contributed by atoms with Gasteiger partial charge in [-0.05, 0) is 22.3 Å². The fourth-order valence-corrected chi connectivity index (χ4v) is 3.82. The summed E-state index contributed by atoms with van der Waals surface area (Å²) in [5.41, 5.74) is 2.42. The second kappa shape index (κ2) is 35.4. The number of nitrogens with zero attached hydrogens (tertiary/aromatic N) is 4. The van der Waals surface area contributed by atoms with Gasteiger partial charge in [0.05, 0.1) is 26.2 Å². The van der Waals surface area contributed by atoms with Crippen LogP contribution in [0.25, 0.3) is 0 Å². The second-order valence-electron chi connectivity index (χ2n) is 11.3. The number of hydrogen-bond donors (Lipinski definition) is 2. The molecule has 56 heavy (non-hydrogen) atoms. The molecule has 0 heterocycles. The Kier molecular flexibility index (Phi) is 34.2. The van der Waals surface area contributed by atoms with Crippen LogP contribution in [0.4, 0.5) is 0 Å². The first-order valence-corrected chi connectivity index (χ1v) is 20.9. The Morgan fingerprint density at radius 2 is 0.607 bits per heavy atom. The molecule has 4 aromatic carbocycles. The summed E-state index contributed by atoms with van der Waals surface area (Å²) < 4.78 is 19.1. The van der Waals surface area contributed by atoms with E-state index in [-0.39, 0.29) is 57.1 Å². The molecule has 0 saturated heterocycles. The average molecular weight is 902 g/mol. The number of benzene rings is 4. The second-order valence-corrected chi connectivity index (χ2v) is 14.2. The molecule has 0 bridgehead atoms. The molecule has 16 heteroatoms. The Morgan fingerprint density at radius 1 is 0.429 bits per heavy atom. The monoisotopic (exact) mass is 900 g/mol. The van der Waals surface area contributed by atoms with Crippen LogP contribution in [0.5, 0.6) is 23.0 Å². The van der Waals surface area contributed by atoms with Gasteiger partial charge in [0, 0.05) is 97.7 Å². The first-order chi connectivity index (χ1) is 26.0. The van der Waals surface area contributed by atoms with Crippen LogP contribution in [0.1, 0.15) is 22.3 Å². The van der Waals surface area contributed by atoms with Crippen molar-refractivity contribution in [2.75, 3.05) is 77.4 Å². The molecule has 2 N–H and O–H groups in total. The molecule has 310 valence electrons. The maximum absolute atomic E-state index is 11.5. The molecule has 12 nitrogen and oxygen atoms in total. The van der Waals surface area contributed by atoms with Crippen molar-refractivity contribution in [2.24, 2.45) is 20.0 Å². The van der Waals surface area contributed by atoms with E-state index in [9.17, 15) is 28.8 Å². The van der Waals surface area contributed by atoms with Gasteiger partial charge >= 0.3 is 34.1 Å². The van der Waals surface area contributed by atoms with E-state index in [0.717, 1.165) is 0 Å². The van der Waals surface area contributed by atoms with E-state index in [1.807, 2.05) is 24.3 Å². The molecule has 0 saturated carbocycles. The molecule has 2 radical (unpaired) electrons. The van der Waals surface area contributed by atoms with Gasteiger partial charge in [0.25, 0.3) is 0 Å². The minimum absolute atomic E-state index is 0. The van der Waals surface area contributed by atoms with E-state index in [0.29, 0.717) is 74.6 Å². The quantitative estimate of drug-likeness (QED) is 0.0966. The van der Waals surface area contributed by atoms with Crippen LogP contribution in [0.15, 0.2) is 117 Å². The molecule has 0 atom stereocenters. The Morgan fingerprint density at radius 3 is 0.786 bits per heavy atom. The molecule has 0 unspecified atom stereocenters. The molecule has 4 rings (SSSR count). The summed E-state index contributed by atoms with van der Waals surface area (Å²) in [6.07, 6.45) is 13.0. The predicted octanol–water partition coefficient (Wildman–Crippen LogP) is 1.91. The van der Waals surface area contributed by atoms with Crippen LogP contribution >= 0.6 is 0 Å². The van der Waals surface area contributed by atoms with Gasteiger partial charge in [0.15, 0.2) is 0 Å². The van der Waals surface area contributed by atoms with Crippen molar-refractivity contribution in [3.05, 3.63) is 119 Å². The van der Waals surface area contributed by atoms with Crippen LogP contribution in [-0.2, 0) is 55.7 Å². The number of rotatable bonds is 16. The topological polar surface area (TPSA) is 200 Å². The van der Waals surface area contributed by atoms with Crippen LogP contribution in [0.3, 0.4) is 0 Å². The van der Waals surface area contributed by atoms with E-state index < -0.39 is 21.6 Å². The SMILES string of the molecule is CS(C)=O.CS(C)=O.[Cu+2].[Cu+2].[O-]c1ccccc1C=NCCNCCN=Cc1ccccc1[O-].[O-]c1ccccc1C=NCCNCCN=Cc1ccccc1[O-]. The Labute approximate surface area is 357 Å². The minimum Gasteiger partial charge on any atom is -0.872 e. The normalized spacial score (nSPS) is 10.7. The van der Waals surface area contributed by atoms with Gasteiger partial charge < -0.3 is 31.1 Å². The van der Waals surface area contributed by atoms with Gasteiger partial charge in [0.1, 0.15) is 0 Å². The molecule has 4 aromatic rings. The minimum atomic E-state index is -0.611. The van der Waals surface area contributed by atoms with Crippen molar-refractivity contribution in [3.8, 4) is 23.0 Å². The smallest absolute Gasteiger partial charge is 0.872 e. The first kappa shape index (κ1) is 54.1. The third-order valence-electron chi connectivity index (χ3n) is 6.27. The molecular formula is C40H50Cu2N6O6S2. The van der Waals surface area contributed by atoms with E-state index in [1.54, 1.807) is 98.4 Å². The molecular weight excluding hydrogens is 852 g/mol. The zero-order valence-electron chi connectivity index (χ0n) is 31.9. The third-order valence-corrected chi connectivity index (χ3v) is 6.27. The van der Waals surface area contributed by atoms with Gasteiger partial charge in [-0.2, -0.15) is 0 Å². The van der Waals surface area contributed by atoms with Gasteiger partial charge in [-0.3, -0.25) is 28.4 Å². The van der Waals surface area contributed by atoms with Crippen molar-refractivity contribution in [1.29, 1.82) is 0 Å². The number of nitrogens with one attached hydrogen (secondary N) is 2. The van der Waals surface area contributed by atoms with Crippen molar-refractivity contribution >= 4 is 46.5 Å². The maximum Gasteiger partial charge on any atom is 2.00 e. The Hall–Kier alpha value is -3.98. The molecule has 0 aromatic heterocycles. The van der Waals surface area contributed by atoms with E-state index in [2.05, 4.69) is 30.6 Å².